The van der Waals surface area contributed by atoms with Gasteiger partial charge < -0.3 is 10.1 Å². The van der Waals surface area contributed by atoms with Gasteiger partial charge in [-0.1, -0.05) is 64.5 Å². The lowest BCUT2D eigenvalue weighted by atomic mass is 10.1. The van der Waals surface area contributed by atoms with Gasteiger partial charge in [-0.15, -0.1) is 0 Å². The molecule has 0 unspecified atom stereocenters. The van der Waals surface area contributed by atoms with E-state index >= 15 is 0 Å². The van der Waals surface area contributed by atoms with Gasteiger partial charge in [-0.25, -0.2) is 8.42 Å². The highest BCUT2D eigenvalue weighted by molar-refractivity contribution is 9.10. The quantitative estimate of drug-likeness (QED) is 0.429. The van der Waals surface area contributed by atoms with Crippen LogP contribution in [0.25, 0.3) is 0 Å². The number of sulfonamides is 1. The molecule has 174 valence electrons. The van der Waals surface area contributed by atoms with Crippen LogP contribution < -0.4 is 10.1 Å². The largest absolute Gasteiger partial charge is 0.495 e. The van der Waals surface area contributed by atoms with Crippen LogP contribution >= 0.6 is 15.9 Å². The zero-order valence-corrected chi connectivity index (χ0v) is 21.2. The molecule has 33 heavy (non-hydrogen) atoms. The van der Waals surface area contributed by atoms with Gasteiger partial charge in [-0.2, -0.15) is 4.31 Å². The average molecular weight is 531 g/mol. The fourth-order valence-electron chi connectivity index (χ4n) is 3.44. The minimum absolute atomic E-state index is 0.0359. The molecule has 8 heteroatoms. The number of hydrogen-bond donors (Lipinski definition) is 1. The molecule has 0 aliphatic rings. The van der Waals surface area contributed by atoms with Crippen LogP contribution in [0.2, 0.25) is 0 Å². The average Bonchev–Trinajstić information content (AvgIpc) is 2.79. The van der Waals surface area contributed by atoms with E-state index < -0.39 is 15.9 Å². The van der Waals surface area contributed by atoms with E-state index in [-0.39, 0.29) is 29.8 Å². The van der Waals surface area contributed by atoms with Crippen molar-refractivity contribution in [1.82, 2.24) is 9.62 Å². The molecule has 0 aromatic heterocycles. The first-order chi connectivity index (χ1) is 15.7. The van der Waals surface area contributed by atoms with E-state index in [0.717, 1.165) is 21.2 Å². The third-order valence-electron chi connectivity index (χ3n) is 5.18. The SMILES string of the molecule is COc1ccc(C)cc1S(=O)(=O)N(CC(=O)N[C@@H](C)c1cccc(Br)c1)Cc1ccccc1. The van der Waals surface area contributed by atoms with E-state index in [9.17, 15) is 13.2 Å². The van der Waals surface area contributed by atoms with E-state index in [1.165, 1.54) is 11.4 Å². The Kier molecular flexibility index (Phi) is 8.29. The second-order valence-corrected chi connectivity index (χ2v) is 10.6. The molecule has 3 rings (SSSR count). The number of halogens is 1. The molecular formula is C25H27BrN2O4S. The molecule has 3 aromatic rings. The molecule has 0 heterocycles. The Morgan fingerprint density at radius 1 is 1.06 bits per heavy atom. The van der Waals surface area contributed by atoms with Gasteiger partial charge in [0.1, 0.15) is 10.6 Å². The van der Waals surface area contributed by atoms with Crippen molar-refractivity contribution >= 4 is 31.9 Å². The number of carbonyl (C=O) groups excluding carboxylic acids is 1. The first-order valence-electron chi connectivity index (χ1n) is 10.4. The summed E-state index contributed by atoms with van der Waals surface area (Å²) in [6.07, 6.45) is 0. The minimum atomic E-state index is -4.03. The smallest absolute Gasteiger partial charge is 0.247 e. The molecule has 1 atom stereocenters. The maximum absolute atomic E-state index is 13.7. The third kappa shape index (κ3) is 6.43. The van der Waals surface area contributed by atoms with Crippen molar-refractivity contribution in [3.05, 3.63) is 94.0 Å². The lowest BCUT2D eigenvalue weighted by Gasteiger charge is -2.24. The first kappa shape index (κ1) is 25.0. The highest BCUT2D eigenvalue weighted by atomic mass is 79.9. The number of methoxy groups -OCH3 is 1. The van der Waals surface area contributed by atoms with E-state index in [4.69, 9.17) is 4.74 Å². The van der Waals surface area contributed by atoms with Crippen LogP contribution in [-0.2, 0) is 21.4 Å². The molecule has 0 bridgehead atoms. The Hall–Kier alpha value is -2.68. The fraction of sp³-hybridized carbons (Fsp3) is 0.240. The minimum Gasteiger partial charge on any atom is -0.495 e. The number of benzene rings is 3. The Labute approximate surface area is 203 Å². The monoisotopic (exact) mass is 530 g/mol. The Morgan fingerprint density at radius 2 is 1.79 bits per heavy atom. The molecule has 0 aliphatic heterocycles. The molecule has 0 saturated carbocycles. The highest BCUT2D eigenvalue weighted by Gasteiger charge is 2.30. The van der Waals surface area contributed by atoms with Crippen LogP contribution in [-0.4, -0.2) is 32.3 Å². The molecule has 0 radical (unpaired) electrons. The topological polar surface area (TPSA) is 75.7 Å². The number of carbonyl (C=O) groups is 1. The van der Waals surface area contributed by atoms with Crippen LogP contribution in [0, 0.1) is 6.92 Å². The first-order valence-corrected chi connectivity index (χ1v) is 12.7. The normalized spacial score (nSPS) is 12.4. The molecule has 6 nitrogen and oxygen atoms in total. The van der Waals surface area contributed by atoms with Crippen molar-refractivity contribution in [2.24, 2.45) is 0 Å². The summed E-state index contributed by atoms with van der Waals surface area (Å²) < 4.78 is 34.7. The van der Waals surface area contributed by atoms with Crippen LogP contribution in [0.1, 0.15) is 29.7 Å². The predicted octanol–water partition coefficient (Wildman–Crippen LogP) is 4.83. The standard InChI is InChI=1S/C25H27BrN2O4S/c1-18-12-13-23(32-3)24(14-18)33(30,31)28(16-20-8-5-4-6-9-20)17-25(29)27-19(2)21-10-7-11-22(26)15-21/h4-15,19H,16-17H2,1-3H3,(H,27,29)/t19-/m0/s1. The Morgan fingerprint density at radius 3 is 2.45 bits per heavy atom. The fourth-order valence-corrected chi connectivity index (χ4v) is 5.49. The number of nitrogens with zero attached hydrogens (tertiary/aromatic N) is 1. The number of amides is 1. The van der Waals surface area contributed by atoms with Gasteiger partial charge in [-0.05, 0) is 54.8 Å². The molecule has 0 fully saturated rings. The van der Waals surface area contributed by atoms with Crippen molar-refractivity contribution in [1.29, 1.82) is 0 Å². The lowest BCUT2D eigenvalue weighted by molar-refractivity contribution is -0.122. The Balaban J connectivity index is 1.90. The van der Waals surface area contributed by atoms with Crippen molar-refractivity contribution in [2.45, 2.75) is 31.3 Å². The molecule has 3 aromatic carbocycles. The van der Waals surface area contributed by atoms with Gasteiger partial charge in [0, 0.05) is 11.0 Å². The van der Waals surface area contributed by atoms with Crippen molar-refractivity contribution in [3.8, 4) is 5.75 Å². The van der Waals surface area contributed by atoms with E-state index in [1.54, 1.807) is 18.2 Å². The molecule has 0 saturated heterocycles. The summed E-state index contributed by atoms with van der Waals surface area (Å²) in [7, 11) is -2.60. The summed E-state index contributed by atoms with van der Waals surface area (Å²) in [4.78, 5) is 13.0. The van der Waals surface area contributed by atoms with Crippen LogP contribution in [0.3, 0.4) is 0 Å². The molecule has 0 aliphatic carbocycles. The van der Waals surface area contributed by atoms with Crippen molar-refractivity contribution in [2.75, 3.05) is 13.7 Å². The summed E-state index contributed by atoms with van der Waals surface area (Å²) in [5, 5.41) is 2.91. The van der Waals surface area contributed by atoms with Crippen molar-refractivity contribution < 1.29 is 17.9 Å². The van der Waals surface area contributed by atoms with E-state index in [0.29, 0.717) is 0 Å². The van der Waals surface area contributed by atoms with Crippen LogP contribution in [0.5, 0.6) is 5.75 Å². The van der Waals surface area contributed by atoms with Gasteiger partial charge in [-0.3, -0.25) is 4.79 Å². The van der Waals surface area contributed by atoms with E-state index in [2.05, 4.69) is 21.2 Å². The number of nitrogens with one attached hydrogen (secondary N) is 1. The van der Waals surface area contributed by atoms with Crippen LogP contribution in [0.15, 0.2) is 82.2 Å². The molecule has 1 N–H and O–H groups in total. The number of hydrogen-bond acceptors (Lipinski definition) is 4. The summed E-state index contributed by atoms with van der Waals surface area (Å²) in [5.74, 6) is -0.157. The zero-order chi connectivity index (χ0) is 24.0. The number of rotatable bonds is 9. The number of aryl methyl sites for hydroxylation is 1. The summed E-state index contributed by atoms with van der Waals surface area (Å²) in [6.45, 7) is 3.40. The highest BCUT2D eigenvalue weighted by Crippen LogP contribution is 2.29. The van der Waals surface area contributed by atoms with Gasteiger partial charge in [0.2, 0.25) is 15.9 Å². The summed E-state index contributed by atoms with van der Waals surface area (Å²) in [5.41, 5.74) is 2.47. The van der Waals surface area contributed by atoms with Gasteiger partial charge in [0.15, 0.2) is 0 Å². The maximum Gasteiger partial charge on any atom is 0.247 e. The zero-order valence-electron chi connectivity index (χ0n) is 18.8. The van der Waals surface area contributed by atoms with Crippen LogP contribution in [0.4, 0.5) is 0 Å². The summed E-state index contributed by atoms with van der Waals surface area (Å²) in [6, 6.07) is 21.5. The number of ether oxygens (including phenoxy) is 1. The van der Waals surface area contributed by atoms with Gasteiger partial charge in [0.25, 0.3) is 0 Å². The maximum atomic E-state index is 13.7. The van der Waals surface area contributed by atoms with Crippen molar-refractivity contribution in [3.63, 3.8) is 0 Å². The molecular weight excluding hydrogens is 504 g/mol. The molecule has 0 spiro atoms. The summed E-state index contributed by atoms with van der Waals surface area (Å²) >= 11 is 3.43. The van der Waals surface area contributed by atoms with Gasteiger partial charge in [0.05, 0.1) is 19.7 Å². The lowest BCUT2D eigenvalue weighted by Crippen LogP contribution is -2.41. The third-order valence-corrected chi connectivity index (χ3v) is 7.49. The molecule has 1 amide bonds. The Bertz CT molecular complexity index is 1220. The second-order valence-electron chi connectivity index (χ2n) is 7.76. The second kappa shape index (κ2) is 11.0. The van der Waals surface area contributed by atoms with E-state index in [1.807, 2.05) is 68.4 Å². The van der Waals surface area contributed by atoms with Gasteiger partial charge >= 0.3 is 0 Å². The predicted molar refractivity (Wildman–Crippen MR) is 132 cm³/mol.